The molecule has 0 bridgehead atoms. The molecule has 2 aliphatic heterocycles. The number of nitrogens with zero attached hydrogens (tertiary/aromatic N) is 1. The van der Waals surface area contributed by atoms with Gasteiger partial charge in [0.2, 0.25) is 0 Å². The van der Waals surface area contributed by atoms with Crippen LogP contribution in [0.2, 0.25) is 0 Å². The molecule has 0 saturated heterocycles. The monoisotopic (exact) mass is 265 g/mol. The van der Waals surface area contributed by atoms with E-state index < -0.39 is 0 Å². The van der Waals surface area contributed by atoms with Crippen molar-refractivity contribution in [3.8, 4) is 0 Å². The normalized spacial score (nSPS) is 26.0. The summed E-state index contributed by atoms with van der Waals surface area (Å²) in [7, 11) is 0. The standard InChI is InChI=1S/C17H19N3/c1-2-5-14-11-16(10-13(14)4-1)19-15-7-9-20(12-15)17-6-3-8-18-17/h1-7,16-19H,8-11H2. The highest BCUT2D eigenvalue weighted by molar-refractivity contribution is 5.34. The van der Waals surface area contributed by atoms with Crippen molar-refractivity contribution in [1.29, 1.82) is 0 Å². The molecule has 0 aromatic heterocycles. The number of hydrogen-bond acceptors (Lipinski definition) is 3. The molecule has 3 nitrogen and oxygen atoms in total. The smallest absolute Gasteiger partial charge is 0.116 e. The van der Waals surface area contributed by atoms with Crippen LogP contribution in [0.3, 0.4) is 0 Å². The molecule has 3 heteroatoms. The zero-order chi connectivity index (χ0) is 13.4. The molecule has 1 unspecified atom stereocenters. The van der Waals surface area contributed by atoms with Crippen LogP contribution in [0.5, 0.6) is 0 Å². The number of benzene rings is 1. The second-order valence-corrected chi connectivity index (χ2v) is 5.68. The molecule has 0 saturated carbocycles. The fourth-order valence-corrected chi connectivity index (χ4v) is 3.26. The van der Waals surface area contributed by atoms with Gasteiger partial charge in [0, 0.05) is 24.8 Å². The lowest BCUT2D eigenvalue weighted by molar-refractivity contribution is 0.303. The summed E-state index contributed by atoms with van der Waals surface area (Å²) in [5, 5.41) is 7.05. The zero-order valence-electron chi connectivity index (χ0n) is 11.5. The van der Waals surface area contributed by atoms with E-state index in [9.17, 15) is 0 Å². The number of fused-ring (bicyclic) bond motifs is 1. The number of hydrogen-bond donors (Lipinski definition) is 2. The summed E-state index contributed by atoms with van der Waals surface area (Å²) in [6.45, 7) is 5.35. The Kier molecular flexibility index (Phi) is 3.09. The summed E-state index contributed by atoms with van der Waals surface area (Å²) in [6, 6.07) is 9.26. The Morgan fingerprint density at radius 1 is 1.20 bits per heavy atom. The first-order valence-electron chi connectivity index (χ1n) is 7.35. The Balaban J connectivity index is 1.34. The van der Waals surface area contributed by atoms with Gasteiger partial charge in [-0.1, -0.05) is 36.4 Å². The molecule has 2 radical (unpaired) electrons. The van der Waals surface area contributed by atoms with Crippen LogP contribution in [0, 0.1) is 6.54 Å². The average molecular weight is 265 g/mol. The van der Waals surface area contributed by atoms with Crippen molar-refractivity contribution in [2.45, 2.75) is 25.0 Å². The number of rotatable bonds is 3. The van der Waals surface area contributed by atoms with Gasteiger partial charge in [-0.25, -0.2) is 0 Å². The van der Waals surface area contributed by atoms with Gasteiger partial charge in [-0.2, -0.15) is 0 Å². The predicted octanol–water partition coefficient (Wildman–Crippen LogP) is 1.47. The maximum absolute atomic E-state index is 3.63. The first-order valence-corrected chi connectivity index (χ1v) is 7.35. The van der Waals surface area contributed by atoms with Gasteiger partial charge in [0.05, 0.1) is 6.17 Å². The van der Waals surface area contributed by atoms with Crippen LogP contribution < -0.4 is 10.6 Å². The van der Waals surface area contributed by atoms with Crippen molar-refractivity contribution in [2.75, 3.05) is 13.1 Å². The molecule has 1 aromatic carbocycles. The quantitative estimate of drug-likeness (QED) is 0.810. The zero-order valence-corrected chi connectivity index (χ0v) is 11.5. The van der Waals surface area contributed by atoms with Crippen molar-refractivity contribution in [3.05, 3.63) is 65.9 Å². The third kappa shape index (κ3) is 2.28. The molecule has 0 fully saturated rings. The Morgan fingerprint density at radius 2 is 2.00 bits per heavy atom. The van der Waals surface area contributed by atoms with Crippen LogP contribution in [0.15, 0.2) is 48.2 Å². The van der Waals surface area contributed by atoms with Gasteiger partial charge in [-0.05, 0) is 30.0 Å². The van der Waals surface area contributed by atoms with Gasteiger partial charge >= 0.3 is 0 Å². The number of nitrogens with one attached hydrogen (secondary N) is 2. The predicted molar refractivity (Wildman–Crippen MR) is 79.7 cm³/mol. The van der Waals surface area contributed by atoms with E-state index in [-0.39, 0.29) is 0 Å². The molecule has 102 valence electrons. The molecule has 4 rings (SSSR count). The van der Waals surface area contributed by atoms with Crippen LogP contribution in [-0.4, -0.2) is 30.2 Å². The minimum absolute atomic E-state index is 0.311. The minimum Gasteiger partial charge on any atom is -0.383 e. The van der Waals surface area contributed by atoms with E-state index in [1.54, 1.807) is 0 Å². The molecule has 1 atom stereocenters. The van der Waals surface area contributed by atoms with Gasteiger partial charge in [0.25, 0.3) is 0 Å². The van der Waals surface area contributed by atoms with Crippen molar-refractivity contribution < 1.29 is 0 Å². The maximum Gasteiger partial charge on any atom is 0.116 e. The summed E-state index contributed by atoms with van der Waals surface area (Å²) < 4.78 is 0. The Labute approximate surface area is 120 Å². The molecule has 1 aromatic rings. The second kappa shape index (κ2) is 5.08. The van der Waals surface area contributed by atoms with Gasteiger partial charge in [-0.15, -0.1) is 0 Å². The van der Waals surface area contributed by atoms with Gasteiger partial charge < -0.3 is 5.32 Å². The van der Waals surface area contributed by atoms with Crippen LogP contribution in [0.4, 0.5) is 0 Å². The SMILES string of the molecule is [C]1C(NC2Cc3ccccc3C2)=CCN1C1C=CCN1. The van der Waals surface area contributed by atoms with Crippen LogP contribution >= 0.6 is 0 Å². The Bertz CT molecular complexity index is 536. The Hall–Kier alpha value is -1.58. The second-order valence-electron chi connectivity index (χ2n) is 5.68. The third-order valence-electron chi connectivity index (χ3n) is 4.27. The maximum atomic E-state index is 3.63. The molecule has 1 aliphatic carbocycles. The van der Waals surface area contributed by atoms with E-state index >= 15 is 0 Å². The van der Waals surface area contributed by atoms with Crippen LogP contribution in [-0.2, 0) is 12.8 Å². The molecule has 2 heterocycles. The van der Waals surface area contributed by atoms with Crippen LogP contribution in [0.25, 0.3) is 0 Å². The lowest BCUT2D eigenvalue weighted by Gasteiger charge is -2.22. The lowest BCUT2D eigenvalue weighted by Crippen LogP contribution is -2.39. The van der Waals surface area contributed by atoms with E-state index in [1.165, 1.54) is 11.1 Å². The fraction of sp³-hybridized carbons (Fsp3) is 0.353. The topological polar surface area (TPSA) is 27.3 Å². The van der Waals surface area contributed by atoms with Gasteiger partial charge in [0.1, 0.15) is 6.54 Å². The largest absolute Gasteiger partial charge is 0.383 e. The van der Waals surface area contributed by atoms with E-state index in [4.69, 9.17) is 0 Å². The minimum atomic E-state index is 0.311. The summed E-state index contributed by atoms with van der Waals surface area (Å²) in [5.41, 5.74) is 4.12. The molecular weight excluding hydrogens is 246 g/mol. The molecule has 3 aliphatic rings. The van der Waals surface area contributed by atoms with Crippen molar-refractivity contribution in [3.63, 3.8) is 0 Å². The fourth-order valence-electron chi connectivity index (χ4n) is 3.26. The average Bonchev–Trinajstić information content (AvgIpc) is 3.18. The highest BCUT2D eigenvalue weighted by atomic mass is 15.3. The summed E-state index contributed by atoms with van der Waals surface area (Å²) >= 11 is 0. The van der Waals surface area contributed by atoms with E-state index in [2.05, 4.69) is 64.6 Å². The van der Waals surface area contributed by atoms with Crippen molar-refractivity contribution in [2.24, 2.45) is 0 Å². The van der Waals surface area contributed by atoms with Gasteiger partial charge in [0.15, 0.2) is 0 Å². The molecule has 0 spiro atoms. The highest BCUT2D eigenvalue weighted by Gasteiger charge is 2.26. The first kappa shape index (κ1) is 12.2. The van der Waals surface area contributed by atoms with Crippen molar-refractivity contribution in [1.82, 2.24) is 15.5 Å². The van der Waals surface area contributed by atoms with Crippen LogP contribution in [0.1, 0.15) is 11.1 Å². The van der Waals surface area contributed by atoms with E-state index in [0.717, 1.165) is 31.6 Å². The summed E-state index contributed by atoms with van der Waals surface area (Å²) in [5.74, 6) is 0. The summed E-state index contributed by atoms with van der Waals surface area (Å²) in [4.78, 5) is 2.22. The summed E-state index contributed by atoms with van der Waals surface area (Å²) in [6.07, 6.45) is 9.16. The third-order valence-corrected chi connectivity index (χ3v) is 4.27. The van der Waals surface area contributed by atoms with Gasteiger partial charge in [-0.3, -0.25) is 10.2 Å². The highest BCUT2D eigenvalue weighted by Crippen LogP contribution is 2.24. The lowest BCUT2D eigenvalue weighted by atomic mass is 10.1. The van der Waals surface area contributed by atoms with E-state index in [1.807, 2.05) is 0 Å². The molecule has 20 heavy (non-hydrogen) atoms. The Morgan fingerprint density at radius 3 is 2.70 bits per heavy atom. The first-order chi connectivity index (χ1) is 9.88. The molecule has 0 amide bonds. The molecule has 2 N–H and O–H groups in total. The van der Waals surface area contributed by atoms with E-state index in [0.29, 0.717) is 12.2 Å². The van der Waals surface area contributed by atoms with Crippen molar-refractivity contribution >= 4 is 0 Å². The molecular formula is C17H19N3.